The standard InChI is InChI=1S/C8H6ClF2N3/c1-4-5-2-3-6(7(10)11)12-8(5)14(9)13-4/h2-3,7H,1H3. The van der Waals surface area contributed by atoms with Gasteiger partial charge in [0, 0.05) is 17.2 Å². The molecule has 0 saturated carbocycles. The maximum Gasteiger partial charge on any atom is 0.280 e. The number of aromatic nitrogens is 3. The first-order valence-electron chi connectivity index (χ1n) is 3.90. The van der Waals surface area contributed by atoms with Gasteiger partial charge < -0.3 is 0 Å². The van der Waals surface area contributed by atoms with Gasteiger partial charge in [-0.05, 0) is 19.1 Å². The number of pyridine rings is 1. The molecule has 6 heteroatoms. The Kier molecular flexibility index (Phi) is 2.11. The molecule has 2 heterocycles. The van der Waals surface area contributed by atoms with Crippen molar-refractivity contribution in [1.29, 1.82) is 0 Å². The number of halogens is 3. The summed E-state index contributed by atoms with van der Waals surface area (Å²) in [6.07, 6.45) is -2.59. The fourth-order valence-corrected chi connectivity index (χ4v) is 1.48. The highest BCUT2D eigenvalue weighted by molar-refractivity contribution is 6.17. The summed E-state index contributed by atoms with van der Waals surface area (Å²) >= 11 is 5.65. The molecule has 2 rings (SSSR count). The largest absolute Gasteiger partial charge is 0.280 e. The van der Waals surface area contributed by atoms with E-state index in [0.29, 0.717) is 11.1 Å². The first-order chi connectivity index (χ1) is 6.59. The molecular weight excluding hydrogens is 212 g/mol. The molecule has 0 amide bonds. The topological polar surface area (TPSA) is 30.7 Å². The lowest BCUT2D eigenvalue weighted by Crippen LogP contribution is -1.92. The van der Waals surface area contributed by atoms with Crippen LogP contribution in [0.5, 0.6) is 0 Å². The molecule has 0 aliphatic heterocycles. The van der Waals surface area contributed by atoms with Gasteiger partial charge in [-0.2, -0.15) is 9.30 Å². The van der Waals surface area contributed by atoms with Crippen LogP contribution in [0.2, 0.25) is 0 Å². The molecule has 0 saturated heterocycles. The molecule has 0 atom stereocenters. The molecule has 74 valence electrons. The summed E-state index contributed by atoms with van der Waals surface area (Å²) < 4.78 is 25.6. The van der Waals surface area contributed by atoms with E-state index in [2.05, 4.69) is 10.1 Å². The molecule has 0 bridgehead atoms. The van der Waals surface area contributed by atoms with Gasteiger partial charge in [-0.3, -0.25) is 0 Å². The molecule has 0 fully saturated rings. The minimum atomic E-state index is -2.59. The van der Waals surface area contributed by atoms with Gasteiger partial charge >= 0.3 is 0 Å². The Bertz CT molecular complexity index is 481. The van der Waals surface area contributed by atoms with Crippen LogP contribution in [0, 0.1) is 6.92 Å². The van der Waals surface area contributed by atoms with Crippen LogP contribution < -0.4 is 0 Å². The lowest BCUT2D eigenvalue weighted by atomic mass is 10.2. The van der Waals surface area contributed by atoms with Crippen LogP contribution in [0.3, 0.4) is 0 Å². The Labute approximate surface area is 83.4 Å². The van der Waals surface area contributed by atoms with Crippen molar-refractivity contribution < 1.29 is 8.78 Å². The van der Waals surface area contributed by atoms with Crippen molar-refractivity contribution in [3.63, 3.8) is 0 Å². The lowest BCUT2D eigenvalue weighted by Gasteiger charge is -1.98. The Morgan fingerprint density at radius 2 is 2.14 bits per heavy atom. The van der Waals surface area contributed by atoms with E-state index < -0.39 is 6.43 Å². The maximum absolute atomic E-state index is 12.3. The molecule has 3 nitrogen and oxygen atoms in total. The van der Waals surface area contributed by atoms with Gasteiger partial charge in [-0.1, -0.05) is 0 Å². The van der Waals surface area contributed by atoms with Gasteiger partial charge in [-0.25, -0.2) is 13.8 Å². The van der Waals surface area contributed by atoms with Crippen LogP contribution in [0.25, 0.3) is 11.0 Å². The molecule has 0 N–H and O–H groups in total. The summed E-state index contributed by atoms with van der Waals surface area (Å²) in [6, 6.07) is 2.82. The normalized spacial score (nSPS) is 11.5. The van der Waals surface area contributed by atoms with Gasteiger partial charge in [-0.15, -0.1) is 0 Å². The Morgan fingerprint density at radius 1 is 1.43 bits per heavy atom. The number of hydrogen-bond donors (Lipinski definition) is 0. The maximum atomic E-state index is 12.3. The van der Waals surface area contributed by atoms with Crippen molar-refractivity contribution in [2.75, 3.05) is 0 Å². The third kappa shape index (κ3) is 1.33. The van der Waals surface area contributed by atoms with Gasteiger partial charge in [0.1, 0.15) is 5.69 Å². The van der Waals surface area contributed by atoms with E-state index >= 15 is 0 Å². The third-order valence-electron chi connectivity index (χ3n) is 1.92. The predicted octanol–water partition coefficient (Wildman–Crippen LogP) is 2.68. The van der Waals surface area contributed by atoms with Crippen LogP contribution in [0.4, 0.5) is 8.78 Å². The quantitative estimate of drug-likeness (QED) is 0.735. The van der Waals surface area contributed by atoms with Crippen LogP contribution in [0.1, 0.15) is 17.8 Å². The summed E-state index contributed by atoms with van der Waals surface area (Å²) in [5, 5.41) is 4.55. The smallest absolute Gasteiger partial charge is 0.226 e. The van der Waals surface area contributed by atoms with Gasteiger partial charge in [0.2, 0.25) is 0 Å². The van der Waals surface area contributed by atoms with E-state index in [-0.39, 0.29) is 11.3 Å². The summed E-state index contributed by atoms with van der Waals surface area (Å²) in [6.45, 7) is 1.74. The van der Waals surface area contributed by atoms with Crippen LogP contribution >= 0.6 is 11.8 Å². The molecule has 0 radical (unpaired) electrons. The van der Waals surface area contributed by atoms with E-state index in [9.17, 15) is 8.78 Å². The van der Waals surface area contributed by atoms with Crippen molar-refractivity contribution in [1.82, 2.24) is 14.3 Å². The number of alkyl halides is 2. The number of fused-ring (bicyclic) bond motifs is 1. The molecule has 0 aromatic carbocycles. The molecule has 0 spiro atoms. The molecule has 2 aromatic rings. The van der Waals surface area contributed by atoms with Crippen molar-refractivity contribution in [2.45, 2.75) is 13.3 Å². The van der Waals surface area contributed by atoms with Crippen molar-refractivity contribution in [3.05, 3.63) is 23.5 Å². The van der Waals surface area contributed by atoms with E-state index in [1.807, 2.05) is 0 Å². The van der Waals surface area contributed by atoms with Gasteiger partial charge in [0.15, 0.2) is 5.65 Å². The monoisotopic (exact) mass is 217 g/mol. The minimum absolute atomic E-state index is 0.266. The number of nitrogens with zero attached hydrogens (tertiary/aromatic N) is 3. The van der Waals surface area contributed by atoms with E-state index in [1.54, 1.807) is 13.0 Å². The van der Waals surface area contributed by atoms with E-state index in [4.69, 9.17) is 11.8 Å². The SMILES string of the molecule is Cc1nn(Cl)c2nc(C(F)F)ccc12. The predicted molar refractivity (Wildman–Crippen MR) is 48.5 cm³/mol. The fourth-order valence-electron chi connectivity index (χ4n) is 1.24. The minimum Gasteiger partial charge on any atom is -0.226 e. The highest BCUT2D eigenvalue weighted by atomic mass is 35.5. The summed E-state index contributed by atoms with van der Waals surface area (Å²) in [5.41, 5.74) is 0.643. The molecule has 14 heavy (non-hydrogen) atoms. The molecule has 0 aliphatic carbocycles. The zero-order valence-corrected chi connectivity index (χ0v) is 7.96. The molecule has 2 aromatic heterocycles. The van der Waals surface area contributed by atoms with Gasteiger partial charge in [0.05, 0.1) is 5.69 Å². The Hall–Kier alpha value is -1.23. The molecular formula is C8H6ClF2N3. The Morgan fingerprint density at radius 3 is 2.79 bits per heavy atom. The number of aryl methyl sites for hydroxylation is 1. The first-order valence-corrected chi connectivity index (χ1v) is 4.24. The van der Waals surface area contributed by atoms with Gasteiger partial charge in [0.25, 0.3) is 6.43 Å². The average Bonchev–Trinajstić information content (AvgIpc) is 2.42. The summed E-state index contributed by atoms with van der Waals surface area (Å²) in [5.74, 6) is 0. The second-order valence-electron chi connectivity index (χ2n) is 2.85. The second-order valence-corrected chi connectivity index (χ2v) is 3.17. The van der Waals surface area contributed by atoms with Crippen molar-refractivity contribution >= 4 is 22.8 Å². The van der Waals surface area contributed by atoms with Crippen LogP contribution in [-0.2, 0) is 0 Å². The highest BCUT2D eigenvalue weighted by Gasteiger charge is 2.13. The van der Waals surface area contributed by atoms with Crippen LogP contribution in [0.15, 0.2) is 12.1 Å². The lowest BCUT2D eigenvalue weighted by molar-refractivity contribution is 0.146. The second kappa shape index (κ2) is 3.16. The third-order valence-corrected chi connectivity index (χ3v) is 2.16. The van der Waals surface area contributed by atoms with Crippen LogP contribution in [-0.4, -0.2) is 14.3 Å². The fraction of sp³-hybridized carbons (Fsp3) is 0.250. The molecule has 0 aliphatic rings. The summed E-state index contributed by atoms with van der Waals surface area (Å²) in [4.78, 5) is 3.71. The average molecular weight is 218 g/mol. The zero-order valence-electron chi connectivity index (χ0n) is 7.21. The van der Waals surface area contributed by atoms with Crippen molar-refractivity contribution in [2.24, 2.45) is 0 Å². The number of rotatable bonds is 1. The van der Waals surface area contributed by atoms with E-state index in [0.717, 1.165) is 4.20 Å². The number of hydrogen-bond acceptors (Lipinski definition) is 2. The highest BCUT2D eigenvalue weighted by Crippen LogP contribution is 2.22. The zero-order chi connectivity index (χ0) is 10.3. The summed E-state index contributed by atoms with van der Waals surface area (Å²) in [7, 11) is 0. The van der Waals surface area contributed by atoms with Crippen molar-refractivity contribution in [3.8, 4) is 0 Å². The van der Waals surface area contributed by atoms with E-state index in [1.165, 1.54) is 6.07 Å². The first kappa shape index (κ1) is 9.33. The Balaban J connectivity index is 2.71. The molecule has 0 unspecified atom stereocenters.